The van der Waals surface area contributed by atoms with Crippen LogP contribution in [0.2, 0.25) is 25.1 Å². The Kier molecular flexibility index (Phi) is 23.0. The van der Waals surface area contributed by atoms with Crippen LogP contribution in [0.1, 0.15) is 0 Å². The summed E-state index contributed by atoms with van der Waals surface area (Å²) < 4.78 is 14.9. The molecule has 0 aromatic rings. The first-order chi connectivity index (χ1) is 11.1. The van der Waals surface area contributed by atoms with Crippen LogP contribution >= 0.6 is 0 Å². The first kappa shape index (κ1) is 25.7. The highest BCUT2D eigenvalue weighted by Gasteiger charge is 2.13. The second kappa shape index (κ2) is 20.5. The lowest BCUT2D eigenvalue weighted by Crippen LogP contribution is -2.35. The minimum absolute atomic E-state index is 0.125. The van der Waals surface area contributed by atoms with E-state index in [2.05, 4.69) is 4.81 Å². The van der Waals surface area contributed by atoms with Crippen LogP contribution in [0.4, 0.5) is 0 Å². The molecule has 0 heterocycles. The van der Waals surface area contributed by atoms with Gasteiger partial charge >= 0.3 is 0 Å². The van der Waals surface area contributed by atoms with E-state index < -0.39 is 0 Å². The Morgan fingerprint density at radius 3 is 1.57 bits per heavy atom. The highest BCUT2D eigenvalue weighted by atomic mass is 16.4. The van der Waals surface area contributed by atoms with Gasteiger partial charge in [0.05, 0.1) is 15.5 Å². The van der Waals surface area contributed by atoms with Gasteiger partial charge in [0.1, 0.15) is 0 Å². The van der Waals surface area contributed by atoms with Crippen LogP contribution in [0.3, 0.4) is 0 Å². The summed E-state index contributed by atoms with van der Waals surface area (Å²) in [4.78, 5) is 2.12. The summed E-state index contributed by atoms with van der Waals surface area (Å²) >= 11 is 0. The zero-order valence-corrected chi connectivity index (χ0v) is 14.7. The van der Waals surface area contributed by atoms with Gasteiger partial charge in [-0.2, -0.15) is 0 Å². The second-order valence-corrected chi connectivity index (χ2v) is 5.01. The van der Waals surface area contributed by atoms with Gasteiger partial charge in [0.25, 0.3) is 6.92 Å². The average molecular weight is 299 g/mol. The average Bonchev–Trinajstić information content (AvgIpc) is 2.54. The maximum Gasteiger partial charge on any atom is 0.297 e. The fourth-order valence-corrected chi connectivity index (χ4v) is 1.75. The van der Waals surface area contributed by atoms with E-state index in [0.29, 0.717) is 20.1 Å². The standard InChI is InChI=1S/C5H11B5O3.C4H10B5N/c1-11-10(2-4-12-8-6)3-5-13-9-7;1-10(2)9(3-7-5)4-8-6/h2-5H2,1H3;3-4H2,1-2H3. The first-order valence-corrected chi connectivity index (χ1v) is 7.63. The Bertz CT molecular complexity index is 216. The normalized spacial score (nSPS) is 9.57. The van der Waals surface area contributed by atoms with Gasteiger partial charge in [-0.25, -0.2) is 0 Å². The third-order valence-corrected chi connectivity index (χ3v) is 3.19. The smallest absolute Gasteiger partial charge is 0.297 e. The van der Waals surface area contributed by atoms with Gasteiger partial charge in [0.2, 0.25) is 21.6 Å². The van der Waals surface area contributed by atoms with Crippen LogP contribution < -0.4 is 0 Å². The summed E-state index contributed by atoms with van der Waals surface area (Å²) in [5.41, 5.74) is 0. The van der Waals surface area contributed by atoms with Gasteiger partial charge in [0.15, 0.2) is 0 Å². The molecule has 0 aromatic heterocycles. The SMILES string of the molecule is [B][B]CB(C[B][B])N(C)C.[B][B]OCCB(CCO[B][B])OC. The van der Waals surface area contributed by atoms with Crippen molar-refractivity contribution >= 4 is 73.8 Å². The zero-order valence-electron chi connectivity index (χ0n) is 14.7. The van der Waals surface area contributed by atoms with Gasteiger partial charge in [-0.3, -0.25) is 0 Å². The summed E-state index contributed by atoms with van der Waals surface area (Å²) in [6.07, 6.45) is 3.36. The zero-order chi connectivity index (χ0) is 17.9. The third-order valence-electron chi connectivity index (χ3n) is 3.19. The van der Waals surface area contributed by atoms with Crippen LogP contribution in [-0.2, 0) is 14.0 Å². The van der Waals surface area contributed by atoms with Crippen molar-refractivity contribution < 1.29 is 14.0 Å². The van der Waals surface area contributed by atoms with Crippen molar-refractivity contribution in [3.63, 3.8) is 0 Å². The Morgan fingerprint density at radius 2 is 1.30 bits per heavy atom. The second-order valence-electron chi connectivity index (χ2n) is 5.01. The maximum atomic E-state index is 5.29. The molecule has 0 aliphatic rings. The van der Waals surface area contributed by atoms with Gasteiger partial charge < -0.3 is 18.8 Å². The molecule has 0 amide bonds. The van der Waals surface area contributed by atoms with Crippen molar-refractivity contribution in [2.24, 2.45) is 0 Å². The number of nitrogens with zero attached hydrogens (tertiary/aromatic N) is 1. The number of hydrogen-bond donors (Lipinski definition) is 0. The van der Waals surface area contributed by atoms with Crippen molar-refractivity contribution in [3.8, 4) is 0 Å². The molecule has 14 heteroatoms. The predicted molar refractivity (Wildman–Crippen MR) is 109 cm³/mol. The van der Waals surface area contributed by atoms with Gasteiger partial charge in [-0.05, 0) is 26.7 Å². The third kappa shape index (κ3) is 18.7. The lowest BCUT2D eigenvalue weighted by atomic mass is 9.29. The molecule has 0 atom stereocenters. The van der Waals surface area contributed by atoms with E-state index >= 15 is 0 Å². The minimum atomic E-state index is 0.125. The molecular formula is C9H21B10NO3. The molecule has 0 fully saturated rings. The van der Waals surface area contributed by atoms with Crippen molar-refractivity contribution in [2.45, 2.75) is 25.1 Å². The maximum absolute atomic E-state index is 5.29. The van der Waals surface area contributed by atoms with Gasteiger partial charge in [-0.15, -0.1) is 0 Å². The lowest BCUT2D eigenvalue weighted by molar-refractivity contribution is 0.333. The fourth-order valence-electron chi connectivity index (χ4n) is 1.75. The predicted octanol–water partition coefficient (Wildman–Crippen LogP) is -1.91. The molecule has 12 radical (unpaired) electrons. The highest BCUT2D eigenvalue weighted by Crippen LogP contribution is 2.00. The van der Waals surface area contributed by atoms with Crippen molar-refractivity contribution in [1.29, 1.82) is 0 Å². The molecule has 0 aliphatic carbocycles. The Morgan fingerprint density at radius 1 is 0.870 bits per heavy atom. The summed E-state index contributed by atoms with van der Waals surface area (Å²) in [5.74, 6) is 0. The molecule has 0 aromatic carbocycles. The molecule has 0 saturated carbocycles. The van der Waals surface area contributed by atoms with Crippen molar-refractivity contribution in [1.82, 2.24) is 4.81 Å². The molecule has 0 unspecified atom stereocenters. The molecule has 23 heavy (non-hydrogen) atoms. The van der Waals surface area contributed by atoms with E-state index in [9.17, 15) is 0 Å². The Balaban J connectivity index is 0. The van der Waals surface area contributed by atoms with Crippen LogP contribution in [0, 0.1) is 0 Å². The van der Waals surface area contributed by atoms with Crippen LogP contribution in [0.25, 0.3) is 0 Å². The van der Waals surface area contributed by atoms with Gasteiger partial charge in [-0.1, -0.05) is 12.4 Å². The largest absolute Gasteiger partial charge is 0.453 e. The highest BCUT2D eigenvalue weighted by molar-refractivity contribution is 6.99. The topological polar surface area (TPSA) is 30.9 Å². The molecule has 0 bridgehead atoms. The quantitative estimate of drug-likeness (QED) is 0.277. The summed E-state index contributed by atoms with van der Waals surface area (Å²) in [5, 5.41) is 0. The first-order valence-electron chi connectivity index (χ1n) is 7.63. The molecular weight excluding hydrogens is 278 g/mol. The van der Waals surface area contributed by atoms with E-state index in [-0.39, 0.29) is 6.92 Å². The Labute approximate surface area is 152 Å². The van der Waals surface area contributed by atoms with Crippen LogP contribution in [0.5, 0.6) is 0 Å². The van der Waals surface area contributed by atoms with E-state index in [1.807, 2.05) is 14.1 Å². The lowest BCUT2D eigenvalue weighted by Gasteiger charge is -2.19. The summed E-state index contributed by atoms with van der Waals surface area (Å²) in [6.45, 7) is 1.69. The van der Waals surface area contributed by atoms with Crippen molar-refractivity contribution in [3.05, 3.63) is 0 Å². The fraction of sp³-hybridized carbons (Fsp3) is 1.00. The Hall–Kier alpha value is 0.489. The van der Waals surface area contributed by atoms with E-state index in [1.54, 1.807) is 21.5 Å². The molecule has 110 valence electrons. The molecule has 0 rings (SSSR count). The van der Waals surface area contributed by atoms with E-state index in [1.165, 1.54) is 14.7 Å². The number of hydrogen-bond acceptors (Lipinski definition) is 4. The summed E-state index contributed by atoms with van der Waals surface area (Å²) in [7, 11) is 32.1. The minimum Gasteiger partial charge on any atom is -0.453 e. The molecule has 4 nitrogen and oxygen atoms in total. The summed E-state index contributed by atoms with van der Waals surface area (Å²) in [6, 6.07) is 0. The number of rotatable bonds is 14. The van der Waals surface area contributed by atoms with E-state index in [0.717, 1.165) is 25.1 Å². The monoisotopic (exact) mass is 301 g/mol. The van der Waals surface area contributed by atoms with Gasteiger partial charge in [0, 0.05) is 50.1 Å². The van der Waals surface area contributed by atoms with Crippen LogP contribution in [-0.4, -0.2) is 113 Å². The van der Waals surface area contributed by atoms with E-state index in [4.69, 9.17) is 44.9 Å². The molecule has 0 N–H and O–H groups in total. The molecule has 0 saturated heterocycles. The van der Waals surface area contributed by atoms with Crippen LogP contribution in [0.15, 0.2) is 0 Å². The van der Waals surface area contributed by atoms with Crippen molar-refractivity contribution in [2.75, 3.05) is 34.4 Å². The molecule has 0 spiro atoms. The molecule has 0 aliphatic heterocycles.